The Morgan fingerprint density at radius 2 is 1.84 bits per heavy atom. The standard InChI is InChI=1S/C39H39Cl2F2N9O4/c1-19-15-39(9-11-50(12-10-39)37(56)32-34(54)20(2)44-18-45-32)29-33(19)51(17-28(53)46-27-14-26(42)24(13-25(27)40)21-5-6-21)38-47-35(48-52(38)36(29)55)23-8-7-22(16-49(3)4)30(41)31(23)43/h7-8,13-14,18-19,21,54H,5-6,9-12,15-17H2,1-4H3,(H,46,53). The molecule has 292 valence electrons. The Morgan fingerprint density at radius 1 is 1.11 bits per heavy atom. The van der Waals surface area contributed by atoms with E-state index in [2.05, 4.69) is 25.4 Å². The summed E-state index contributed by atoms with van der Waals surface area (Å²) in [6.07, 6.45) is 4.32. The Morgan fingerprint density at radius 3 is 2.54 bits per heavy atom. The molecule has 5 aromatic rings. The maximum atomic E-state index is 15.9. The second-order valence-corrected chi connectivity index (χ2v) is 16.2. The van der Waals surface area contributed by atoms with Crippen LogP contribution in [0.5, 0.6) is 5.75 Å². The van der Waals surface area contributed by atoms with Crippen LogP contribution in [0.1, 0.15) is 89.4 Å². The smallest absolute Gasteiger partial charge is 0.279 e. The van der Waals surface area contributed by atoms with Crippen LogP contribution in [-0.2, 0) is 23.3 Å². The number of aryl methyl sites for hydroxylation is 1. The lowest BCUT2D eigenvalue weighted by atomic mass is 9.73. The van der Waals surface area contributed by atoms with Gasteiger partial charge in [-0.05, 0) is 94.3 Å². The van der Waals surface area contributed by atoms with Gasteiger partial charge in [-0.3, -0.25) is 14.4 Å². The lowest BCUT2D eigenvalue weighted by Gasteiger charge is -2.39. The number of carbonyl (C=O) groups is 2. The SMILES string of the molecule is Cc1ncnc(C(=O)N2CCC3(CC2)CC(C)c2c3c(=O)n3nc(-c4ccc(CN(C)C)c(Cl)c4F)nc3n2CC(=O)Nc2cc(F)c(C3CC3)cc2Cl)c1O. The highest BCUT2D eigenvalue weighted by Gasteiger charge is 2.49. The number of aromatic nitrogens is 6. The van der Waals surface area contributed by atoms with Crippen LogP contribution >= 0.6 is 23.2 Å². The summed E-state index contributed by atoms with van der Waals surface area (Å²) >= 11 is 13.0. The Kier molecular flexibility index (Phi) is 9.61. The van der Waals surface area contributed by atoms with Crippen LogP contribution in [0.3, 0.4) is 0 Å². The zero-order valence-corrected chi connectivity index (χ0v) is 32.7. The molecule has 3 aromatic heterocycles. The fourth-order valence-corrected chi connectivity index (χ4v) is 8.87. The van der Waals surface area contributed by atoms with Gasteiger partial charge in [0.05, 0.1) is 27.0 Å². The number of likely N-dealkylation sites (tertiary alicyclic amines) is 1. The van der Waals surface area contributed by atoms with Crippen molar-refractivity contribution in [3.8, 4) is 17.1 Å². The first kappa shape index (κ1) is 37.9. The van der Waals surface area contributed by atoms with E-state index in [0.717, 1.165) is 17.4 Å². The Hall–Kier alpha value is -4.99. The number of piperidine rings is 1. The monoisotopic (exact) mass is 805 g/mol. The summed E-state index contributed by atoms with van der Waals surface area (Å²) in [5, 5.41) is 17.9. The predicted octanol–water partition coefficient (Wildman–Crippen LogP) is 6.21. The molecule has 4 heterocycles. The normalized spacial score (nSPS) is 17.6. The van der Waals surface area contributed by atoms with Gasteiger partial charge in [0.1, 0.15) is 18.7 Å². The van der Waals surface area contributed by atoms with Crippen LogP contribution in [0.2, 0.25) is 10.0 Å². The third-order valence-corrected chi connectivity index (χ3v) is 12.0. The van der Waals surface area contributed by atoms with Crippen LogP contribution in [0.4, 0.5) is 14.5 Å². The number of benzene rings is 2. The number of rotatable bonds is 8. The summed E-state index contributed by atoms with van der Waals surface area (Å²) < 4.78 is 33.7. The summed E-state index contributed by atoms with van der Waals surface area (Å²) in [6, 6.07) is 5.96. The van der Waals surface area contributed by atoms with E-state index in [-0.39, 0.29) is 81.5 Å². The van der Waals surface area contributed by atoms with Crippen molar-refractivity contribution in [2.45, 2.75) is 76.3 Å². The quantitative estimate of drug-likeness (QED) is 0.187. The van der Waals surface area contributed by atoms with Gasteiger partial charge in [0, 0.05) is 36.3 Å². The lowest BCUT2D eigenvalue weighted by molar-refractivity contribution is -0.116. The second kappa shape index (κ2) is 14.2. The van der Waals surface area contributed by atoms with Crippen molar-refractivity contribution in [1.29, 1.82) is 0 Å². The number of aromatic hydroxyl groups is 1. The number of halogens is 4. The van der Waals surface area contributed by atoms with E-state index in [9.17, 15) is 19.5 Å². The number of anilines is 1. The molecule has 0 radical (unpaired) electrons. The van der Waals surface area contributed by atoms with Crippen molar-refractivity contribution in [2.24, 2.45) is 0 Å². The Bertz CT molecular complexity index is 2510. The maximum absolute atomic E-state index is 15.9. The molecule has 1 saturated heterocycles. The van der Waals surface area contributed by atoms with Crippen LogP contribution in [-0.4, -0.2) is 83.0 Å². The maximum Gasteiger partial charge on any atom is 0.279 e. The van der Waals surface area contributed by atoms with Crippen molar-refractivity contribution >= 4 is 46.5 Å². The van der Waals surface area contributed by atoms with Gasteiger partial charge in [0.15, 0.2) is 23.1 Å². The van der Waals surface area contributed by atoms with Crippen LogP contribution < -0.4 is 10.9 Å². The van der Waals surface area contributed by atoms with Crippen molar-refractivity contribution < 1.29 is 23.5 Å². The van der Waals surface area contributed by atoms with Gasteiger partial charge in [-0.15, -0.1) is 5.10 Å². The molecule has 1 spiro atoms. The van der Waals surface area contributed by atoms with Crippen molar-refractivity contribution in [3.05, 3.63) is 96.4 Å². The van der Waals surface area contributed by atoms with Crippen LogP contribution in [0, 0.1) is 18.6 Å². The van der Waals surface area contributed by atoms with Crippen molar-refractivity contribution in [3.63, 3.8) is 0 Å². The zero-order chi connectivity index (χ0) is 39.8. The zero-order valence-electron chi connectivity index (χ0n) is 31.2. The van der Waals surface area contributed by atoms with Gasteiger partial charge in [-0.2, -0.15) is 9.50 Å². The molecule has 56 heavy (non-hydrogen) atoms. The summed E-state index contributed by atoms with van der Waals surface area (Å²) in [5.74, 6) is -2.71. The van der Waals surface area contributed by atoms with E-state index in [4.69, 9.17) is 23.2 Å². The lowest BCUT2D eigenvalue weighted by Crippen LogP contribution is -2.46. The first-order chi connectivity index (χ1) is 26.7. The van der Waals surface area contributed by atoms with Gasteiger partial charge in [-0.25, -0.2) is 18.7 Å². The number of hydrogen-bond acceptors (Lipinski definition) is 9. The molecule has 3 aliphatic rings. The summed E-state index contributed by atoms with van der Waals surface area (Å²) in [5.41, 5.74) is 1.18. The van der Waals surface area contributed by atoms with Gasteiger partial charge in [-0.1, -0.05) is 36.2 Å². The second-order valence-electron chi connectivity index (χ2n) is 15.4. The predicted molar refractivity (Wildman–Crippen MR) is 205 cm³/mol. The molecule has 17 heteroatoms. The number of nitrogens with zero attached hydrogens (tertiary/aromatic N) is 8. The minimum Gasteiger partial charge on any atom is -0.504 e. The molecule has 8 rings (SSSR count). The number of fused-ring (bicyclic) bond motifs is 3. The molecule has 2 N–H and O–H groups in total. The van der Waals surface area contributed by atoms with E-state index in [0.29, 0.717) is 48.2 Å². The first-order valence-electron chi connectivity index (χ1n) is 18.4. The number of carbonyl (C=O) groups excluding carboxylic acids is 2. The highest BCUT2D eigenvalue weighted by atomic mass is 35.5. The summed E-state index contributed by atoms with van der Waals surface area (Å²) in [6.45, 7) is 4.10. The average Bonchev–Trinajstić information content (AvgIpc) is 3.83. The number of amides is 2. The molecule has 13 nitrogen and oxygen atoms in total. The van der Waals surface area contributed by atoms with Gasteiger partial charge in [0.25, 0.3) is 11.5 Å². The fraction of sp³-hybridized carbons (Fsp3) is 0.410. The number of nitrogens with one attached hydrogen (secondary N) is 1. The summed E-state index contributed by atoms with van der Waals surface area (Å²) in [4.78, 5) is 58.1. The summed E-state index contributed by atoms with van der Waals surface area (Å²) in [7, 11) is 3.67. The molecule has 2 fully saturated rings. The number of hydrogen-bond donors (Lipinski definition) is 2. The largest absolute Gasteiger partial charge is 0.504 e. The van der Waals surface area contributed by atoms with Gasteiger partial charge >= 0.3 is 0 Å². The average molecular weight is 807 g/mol. The molecule has 1 unspecified atom stereocenters. The molecular formula is C39H39Cl2F2N9O4. The molecule has 2 aliphatic carbocycles. The van der Waals surface area contributed by atoms with E-state index in [1.54, 1.807) is 28.5 Å². The topological polar surface area (TPSA) is 151 Å². The van der Waals surface area contributed by atoms with Crippen molar-refractivity contribution in [2.75, 3.05) is 32.5 Å². The molecule has 1 atom stereocenters. The third-order valence-electron chi connectivity index (χ3n) is 11.3. The van der Waals surface area contributed by atoms with Crippen molar-refractivity contribution in [1.82, 2.24) is 38.9 Å². The van der Waals surface area contributed by atoms with Gasteiger partial charge in [0.2, 0.25) is 11.7 Å². The highest BCUT2D eigenvalue weighted by molar-refractivity contribution is 6.33. The molecule has 1 aliphatic heterocycles. The van der Waals surface area contributed by atoms with Crippen LogP contribution in [0.15, 0.2) is 35.4 Å². The first-order valence-corrected chi connectivity index (χ1v) is 19.2. The van der Waals surface area contributed by atoms with E-state index in [1.165, 1.54) is 18.5 Å². The van der Waals surface area contributed by atoms with Crippen LogP contribution in [0.25, 0.3) is 17.2 Å². The molecule has 1 saturated carbocycles. The molecular weight excluding hydrogens is 767 g/mol. The van der Waals surface area contributed by atoms with E-state index in [1.807, 2.05) is 25.9 Å². The Balaban J connectivity index is 1.20. The Labute approximate surface area is 330 Å². The third kappa shape index (κ3) is 6.48. The van der Waals surface area contributed by atoms with Gasteiger partial charge < -0.3 is 24.8 Å². The molecule has 2 aromatic carbocycles. The van der Waals surface area contributed by atoms with E-state index < -0.39 is 34.4 Å². The molecule has 2 amide bonds. The minimum atomic E-state index is -0.746. The molecule has 0 bridgehead atoms. The minimum absolute atomic E-state index is 0.0132. The fourth-order valence-electron chi connectivity index (χ4n) is 8.43. The van der Waals surface area contributed by atoms with E-state index >= 15 is 8.78 Å². The highest BCUT2D eigenvalue weighted by Crippen LogP contribution is 2.51.